The Morgan fingerprint density at radius 3 is 2.86 bits per heavy atom. The zero-order valence-electron chi connectivity index (χ0n) is 8.38. The lowest BCUT2D eigenvalue weighted by atomic mass is 10.2. The molecule has 0 bridgehead atoms. The monoisotopic (exact) mass is 217 g/mol. The van der Waals surface area contributed by atoms with Crippen LogP contribution in [0.4, 0.5) is 0 Å². The summed E-state index contributed by atoms with van der Waals surface area (Å²) in [4.78, 5) is 1.36. The minimum Gasteiger partial charge on any atom is -0.330 e. The molecule has 0 amide bonds. The maximum atomic E-state index is 11.5. The Morgan fingerprint density at radius 1 is 1.64 bits per heavy atom. The lowest BCUT2D eigenvalue weighted by Gasteiger charge is -2.05. The molecule has 0 fully saturated rings. The van der Waals surface area contributed by atoms with E-state index in [2.05, 4.69) is 15.4 Å². The van der Waals surface area contributed by atoms with Crippen LogP contribution < -0.4 is 5.73 Å². The zero-order valence-corrected chi connectivity index (χ0v) is 9.20. The summed E-state index contributed by atoms with van der Waals surface area (Å²) in [7, 11) is 0.736. The summed E-state index contributed by atoms with van der Waals surface area (Å²) in [5.41, 5.74) is 5.44. The van der Waals surface area contributed by atoms with Crippen molar-refractivity contribution in [3.05, 3.63) is 5.82 Å². The fraction of sp³-hybridized carbons (Fsp3) is 0.857. The van der Waals surface area contributed by atoms with Crippen LogP contribution in [-0.2, 0) is 23.6 Å². The third-order valence-corrected chi connectivity index (χ3v) is 3.23. The van der Waals surface area contributed by atoms with Crippen molar-refractivity contribution in [1.82, 2.24) is 20.2 Å². The molecule has 0 aliphatic rings. The fourth-order valence-corrected chi connectivity index (χ4v) is 2.26. The average molecular weight is 217 g/mol. The van der Waals surface area contributed by atoms with E-state index < -0.39 is 10.8 Å². The van der Waals surface area contributed by atoms with Crippen LogP contribution in [0.15, 0.2) is 0 Å². The van der Waals surface area contributed by atoms with E-state index in [-0.39, 0.29) is 5.92 Å². The van der Waals surface area contributed by atoms with E-state index in [1.54, 1.807) is 7.05 Å². The maximum absolute atomic E-state index is 11.5. The van der Waals surface area contributed by atoms with Crippen LogP contribution in [0.2, 0.25) is 0 Å². The lowest BCUT2D eigenvalue weighted by molar-refractivity contribution is 0.627. The second-order valence-corrected chi connectivity index (χ2v) is 4.79. The number of aromatic nitrogens is 4. The molecule has 0 saturated carbocycles. The van der Waals surface area contributed by atoms with Crippen molar-refractivity contribution in [1.29, 1.82) is 0 Å². The van der Waals surface area contributed by atoms with Gasteiger partial charge in [0.15, 0.2) is 5.82 Å². The Hall–Kier alpha value is -0.820. The van der Waals surface area contributed by atoms with Gasteiger partial charge in [-0.25, -0.2) is 0 Å². The van der Waals surface area contributed by atoms with Crippen LogP contribution >= 0.6 is 0 Å². The Kier molecular flexibility index (Phi) is 4.15. The normalized spacial score (nSPS) is 15.4. The summed E-state index contributed by atoms with van der Waals surface area (Å²) in [6.07, 6.45) is 0. The van der Waals surface area contributed by atoms with Gasteiger partial charge in [0.2, 0.25) is 0 Å². The quantitative estimate of drug-likeness (QED) is 0.687. The highest BCUT2D eigenvalue weighted by Gasteiger charge is 2.09. The van der Waals surface area contributed by atoms with Gasteiger partial charge in [0.1, 0.15) is 0 Å². The van der Waals surface area contributed by atoms with Crippen molar-refractivity contribution in [3.63, 3.8) is 0 Å². The molecular formula is C7H15N5OS. The summed E-state index contributed by atoms with van der Waals surface area (Å²) in [5, 5.41) is 11.4. The molecule has 1 rings (SSSR count). The van der Waals surface area contributed by atoms with Gasteiger partial charge in [-0.1, -0.05) is 6.92 Å². The predicted octanol–water partition coefficient (Wildman–Crippen LogP) is -0.946. The second kappa shape index (κ2) is 5.16. The molecule has 0 spiro atoms. The highest BCUT2D eigenvalue weighted by Crippen LogP contribution is 2.00. The molecule has 0 saturated heterocycles. The van der Waals surface area contributed by atoms with E-state index in [1.807, 2.05) is 6.92 Å². The molecule has 0 aromatic carbocycles. The third-order valence-electron chi connectivity index (χ3n) is 1.71. The van der Waals surface area contributed by atoms with Gasteiger partial charge in [-0.15, -0.1) is 10.2 Å². The summed E-state index contributed by atoms with van der Waals surface area (Å²) in [6, 6.07) is 0. The lowest BCUT2D eigenvalue weighted by Crippen LogP contribution is -2.18. The first-order chi connectivity index (χ1) is 6.61. The number of nitrogens with zero attached hydrogens (tertiary/aromatic N) is 4. The molecule has 2 unspecified atom stereocenters. The van der Waals surface area contributed by atoms with E-state index in [0.717, 1.165) is 0 Å². The first-order valence-electron chi connectivity index (χ1n) is 4.39. The van der Waals surface area contributed by atoms with Crippen molar-refractivity contribution >= 4 is 10.8 Å². The number of rotatable bonds is 5. The van der Waals surface area contributed by atoms with Crippen LogP contribution in [0.25, 0.3) is 0 Å². The molecule has 80 valence electrons. The average Bonchev–Trinajstić information content (AvgIpc) is 2.50. The van der Waals surface area contributed by atoms with Gasteiger partial charge in [0, 0.05) is 16.6 Å². The van der Waals surface area contributed by atoms with Crippen LogP contribution in [0, 0.1) is 5.92 Å². The van der Waals surface area contributed by atoms with Crippen molar-refractivity contribution in [2.75, 3.05) is 12.3 Å². The van der Waals surface area contributed by atoms with Gasteiger partial charge in [-0.05, 0) is 17.7 Å². The van der Waals surface area contributed by atoms with Crippen molar-refractivity contribution in [2.45, 2.75) is 12.7 Å². The van der Waals surface area contributed by atoms with Gasteiger partial charge >= 0.3 is 0 Å². The number of hydrogen-bond acceptors (Lipinski definition) is 5. The van der Waals surface area contributed by atoms with E-state index >= 15 is 0 Å². The molecule has 6 nitrogen and oxygen atoms in total. The van der Waals surface area contributed by atoms with Gasteiger partial charge in [0.25, 0.3) is 0 Å². The van der Waals surface area contributed by atoms with Gasteiger partial charge < -0.3 is 5.73 Å². The molecule has 1 aromatic heterocycles. The fourth-order valence-electron chi connectivity index (χ4n) is 0.969. The molecule has 2 N–H and O–H groups in total. The van der Waals surface area contributed by atoms with E-state index in [0.29, 0.717) is 23.9 Å². The third kappa shape index (κ3) is 3.51. The summed E-state index contributed by atoms with van der Waals surface area (Å²) < 4.78 is 11.5. The standard InChI is InChI=1S/C7H15N5OS/c1-6(3-8)4-14(13)5-7-9-11-12(2)10-7/h6H,3-5,8H2,1-2H3. The topological polar surface area (TPSA) is 86.7 Å². The number of nitrogens with two attached hydrogens (primary N) is 1. The minimum atomic E-state index is -0.946. The summed E-state index contributed by atoms with van der Waals surface area (Å²) >= 11 is 0. The zero-order chi connectivity index (χ0) is 10.6. The molecule has 7 heteroatoms. The van der Waals surface area contributed by atoms with Crippen molar-refractivity contribution < 1.29 is 4.21 Å². The molecule has 2 atom stereocenters. The van der Waals surface area contributed by atoms with E-state index in [9.17, 15) is 4.21 Å². The van der Waals surface area contributed by atoms with Gasteiger partial charge in [0.05, 0.1) is 12.8 Å². The Labute approximate surface area is 85.3 Å². The second-order valence-electron chi connectivity index (χ2n) is 3.29. The Morgan fingerprint density at radius 2 is 2.36 bits per heavy atom. The predicted molar refractivity (Wildman–Crippen MR) is 53.7 cm³/mol. The smallest absolute Gasteiger partial charge is 0.187 e. The summed E-state index contributed by atoms with van der Waals surface area (Å²) in [5.74, 6) is 1.75. The van der Waals surface area contributed by atoms with Crippen LogP contribution in [0.5, 0.6) is 0 Å². The molecule has 0 aliphatic heterocycles. The van der Waals surface area contributed by atoms with E-state index in [4.69, 9.17) is 5.73 Å². The Bertz CT molecular complexity index is 313. The van der Waals surface area contributed by atoms with Crippen molar-refractivity contribution in [2.24, 2.45) is 18.7 Å². The molecule has 1 aromatic rings. The summed E-state index contributed by atoms with van der Waals surface area (Å²) in [6.45, 7) is 2.53. The maximum Gasteiger partial charge on any atom is 0.187 e. The van der Waals surface area contributed by atoms with Crippen LogP contribution in [0.3, 0.4) is 0 Å². The Balaban J connectivity index is 2.41. The number of hydrogen-bond donors (Lipinski definition) is 1. The largest absolute Gasteiger partial charge is 0.330 e. The minimum absolute atomic E-state index is 0.271. The molecule has 0 radical (unpaired) electrons. The first-order valence-corrected chi connectivity index (χ1v) is 5.88. The number of aryl methyl sites for hydroxylation is 1. The van der Waals surface area contributed by atoms with E-state index in [1.165, 1.54) is 4.80 Å². The van der Waals surface area contributed by atoms with Gasteiger partial charge in [-0.2, -0.15) is 4.80 Å². The molecular weight excluding hydrogens is 202 g/mol. The SMILES string of the molecule is CC(CN)CS(=O)Cc1nnn(C)n1. The van der Waals surface area contributed by atoms with Crippen molar-refractivity contribution in [3.8, 4) is 0 Å². The van der Waals surface area contributed by atoms with Crippen LogP contribution in [-0.4, -0.2) is 36.7 Å². The highest BCUT2D eigenvalue weighted by atomic mass is 32.2. The van der Waals surface area contributed by atoms with Crippen LogP contribution in [0.1, 0.15) is 12.7 Å². The van der Waals surface area contributed by atoms with Gasteiger partial charge in [-0.3, -0.25) is 4.21 Å². The highest BCUT2D eigenvalue weighted by molar-refractivity contribution is 7.84. The molecule has 0 aliphatic carbocycles. The number of tetrazole rings is 1. The molecule has 1 heterocycles. The first kappa shape index (κ1) is 11.3. The molecule has 14 heavy (non-hydrogen) atoms.